The lowest BCUT2D eigenvalue weighted by Crippen LogP contribution is -2.30. The number of hydrogen-bond acceptors (Lipinski definition) is 3. The summed E-state index contributed by atoms with van der Waals surface area (Å²) in [5.74, 6) is -0.470. The summed E-state index contributed by atoms with van der Waals surface area (Å²) < 4.78 is 40.6. The molecular weight excluding hydrogens is 347 g/mol. The summed E-state index contributed by atoms with van der Waals surface area (Å²) in [4.78, 5) is 0.0975. The Kier molecular flexibility index (Phi) is 4.95. The van der Waals surface area contributed by atoms with Crippen molar-refractivity contribution in [3.05, 3.63) is 39.6 Å². The maximum atomic E-state index is 13.3. The van der Waals surface area contributed by atoms with Gasteiger partial charge < -0.3 is 5.32 Å². The van der Waals surface area contributed by atoms with Gasteiger partial charge >= 0.3 is 0 Å². The van der Waals surface area contributed by atoms with Crippen LogP contribution in [0.1, 0.15) is 12.0 Å². The van der Waals surface area contributed by atoms with E-state index < -0.39 is 15.8 Å². The van der Waals surface area contributed by atoms with Crippen molar-refractivity contribution >= 4 is 26.0 Å². The summed E-state index contributed by atoms with van der Waals surface area (Å²) in [6.07, 6.45) is 2.81. The minimum absolute atomic E-state index is 0.0975. The number of nitrogens with one attached hydrogen (secondary N) is 2. The fraction of sp³-hybridized carbons (Fsp3) is 0.385. The summed E-state index contributed by atoms with van der Waals surface area (Å²) in [6, 6.07) is 2.51. The molecule has 0 aromatic heterocycles. The molecule has 7 heteroatoms. The van der Waals surface area contributed by atoms with Crippen molar-refractivity contribution in [2.45, 2.75) is 18.2 Å². The molecule has 110 valence electrons. The summed E-state index contributed by atoms with van der Waals surface area (Å²) in [5.41, 5.74) is 1.45. The molecule has 1 aliphatic heterocycles. The van der Waals surface area contributed by atoms with E-state index in [9.17, 15) is 12.8 Å². The molecule has 1 heterocycles. The van der Waals surface area contributed by atoms with E-state index in [1.54, 1.807) is 6.92 Å². The predicted octanol–water partition coefficient (Wildman–Crippen LogP) is 2.09. The van der Waals surface area contributed by atoms with Crippen LogP contribution in [0.2, 0.25) is 0 Å². The third kappa shape index (κ3) is 3.66. The van der Waals surface area contributed by atoms with Crippen LogP contribution in [0.3, 0.4) is 0 Å². The van der Waals surface area contributed by atoms with Crippen molar-refractivity contribution in [3.63, 3.8) is 0 Å². The zero-order valence-corrected chi connectivity index (χ0v) is 13.4. The Bertz CT molecular complexity index is 644. The molecule has 4 nitrogen and oxygen atoms in total. The molecule has 0 unspecified atom stereocenters. The molecule has 0 radical (unpaired) electrons. The number of halogens is 2. The number of benzene rings is 1. The first-order valence-electron chi connectivity index (χ1n) is 6.24. The lowest BCUT2D eigenvalue weighted by atomic mass is 10.1. The predicted molar refractivity (Wildman–Crippen MR) is 79.6 cm³/mol. The van der Waals surface area contributed by atoms with Crippen molar-refractivity contribution in [2.24, 2.45) is 0 Å². The normalized spacial score (nSPS) is 16.1. The fourth-order valence-corrected chi connectivity index (χ4v) is 3.79. The van der Waals surface area contributed by atoms with Gasteiger partial charge in [-0.2, -0.15) is 0 Å². The largest absolute Gasteiger partial charge is 0.313 e. The maximum absolute atomic E-state index is 13.3. The standard InChI is InChI=1S/C13H16BrFN2O2S/c1-9-6-12(15)11(14)7-13(9)20(18,19)17-8-10-2-4-16-5-3-10/h2,6-7,16-17H,3-5,8H2,1H3. The fourth-order valence-electron chi connectivity index (χ4n) is 2.01. The topological polar surface area (TPSA) is 58.2 Å². The minimum atomic E-state index is -3.64. The smallest absolute Gasteiger partial charge is 0.241 e. The molecule has 1 aromatic carbocycles. The summed E-state index contributed by atoms with van der Waals surface area (Å²) in [6.45, 7) is 3.49. The van der Waals surface area contributed by atoms with Gasteiger partial charge in [-0.1, -0.05) is 11.6 Å². The first-order chi connectivity index (χ1) is 9.40. The van der Waals surface area contributed by atoms with Gasteiger partial charge in [0.1, 0.15) is 5.82 Å². The molecular formula is C13H16BrFN2O2S. The molecule has 0 spiro atoms. The lowest BCUT2D eigenvalue weighted by Gasteiger charge is -2.15. The van der Waals surface area contributed by atoms with Crippen molar-refractivity contribution in [1.82, 2.24) is 10.0 Å². The van der Waals surface area contributed by atoms with Crippen molar-refractivity contribution in [1.29, 1.82) is 0 Å². The molecule has 1 aliphatic rings. The van der Waals surface area contributed by atoms with E-state index in [0.717, 1.165) is 25.1 Å². The molecule has 0 atom stereocenters. The molecule has 20 heavy (non-hydrogen) atoms. The first kappa shape index (κ1) is 15.6. The highest BCUT2D eigenvalue weighted by atomic mass is 79.9. The molecule has 2 rings (SSSR count). The Hall–Kier alpha value is -0.760. The second-order valence-electron chi connectivity index (χ2n) is 4.67. The number of hydrogen-bond donors (Lipinski definition) is 2. The zero-order valence-electron chi connectivity index (χ0n) is 11.0. The van der Waals surface area contributed by atoms with E-state index in [-0.39, 0.29) is 9.37 Å². The Morgan fingerprint density at radius 1 is 1.45 bits per heavy atom. The van der Waals surface area contributed by atoms with Gasteiger partial charge in [-0.15, -0.1) is 0 Å². The molecule has 0 amide bonds. The first-order valence-corrected chi connectivity index (χ1v) is 8.52. The van der Waals surface area contributed by atoms with Crippen molar-refractivity contribution < 1.29 is 12.8 Å². The third-order valence-corrected chi connectivity index (χ3v) is 5.31. The minimum Gasteiger partial charge on any atom is -0.313 e. The summed E-state index contributed by atoms with van der Waals surface area (Å²) in [5, 5.41) is 3.16. The van der Waals surface area contributed by atoms with Crippen LogP contribution in [-0.2, 0) is 10.0 Å². The van der Waals surface area contributed by atoms with Gasteiger partial charge in [0.05, 0.1) is 9.37 Å². The van der Waals surface area contributed by atoms with Crippen LogP contribution in [0, 0.1) is 12.7 Å². The Morgan fingerprint density at radius 2 is 2.20 bits per heavy atom. The van der Waals surface area contributed by atoms with E-state index in [1.807, 2.05) is 6.08 Å². The Labute approximate surface area is 126 Å². The van der Waals surface area contributed by atoms with E-state index in [4.69, 9.17) is 0 Å². The van der Waals surface area contributed by atoms with Crippen LogP contribution >= 0.6 is 15.9 Å². The maximum Gasteiger partial charge on any atom is 0.241 e. The Morgan fingerprint density at radius 3 is 2.85 bits per heavy atom. The van der Waals surface area contributed by atoms with Crippen LogP contribution in [0.25, 0.3) is 0 Å². The highest BCUT2D eigenvalue weighted by Gasteiger charge is 2.19. The second-order valence-corrected chi connectivity index (χ2v) is 7.26. The monoisotopic (exact) mass is 362 g/mol. The van der Waals surface area contributed by atoms with Crippen molar-refractivity contribution in [3.8, 4) is 0 Å². The Balaban J connectivity index is 2.18. The van der Waals surface area contributed by atoms with Crippen LogP contribution in [0.15, 0.2) is 33.2 Å². The average molecular weight is 363 g/mol. The van der Waals surface area contributed by atoms with Gasteiger partial charge in [0.25, 0.3) is 0 Å². The van der Waals surface area contributed by atoms with E-state index in [1.165, 1.54) is 12.1 Å². The highest BCUT2D eigenvalue weighted by molar-refractivity contribution is 9.10. The number of rotatable bonds is 4. The van der Waals surface area contributed by atoms with Crippen LogP contribution < -0.4 is 10.0 Å². The quantitative estimate of drug-likeness (QED) is 0.806. The number of aryl methyl sites for hydroxylation is 1. The van der Waals surface area contributed by atoms with Crippen LogP contribution in [0.4, 0.5) is 4.39 Å². The van der Waals surface area contributed by atoms with Crippen LogP contribution in [0.5, 0.6) is 0 Å². The summed E-state index contributed by atoms with van der Waals surface area (Å²) >= 11 is 3.01. The summed E-state index contributed by atoms with van der Waals surface area (Å²) in [7, 11) is -3.64. The van der Waals surface area contributed by atoms with Gasteiger partial charge in [-0.3, -0.25) is 0 Å². The SMILES string of the molecule is Cc1cc(F)c(Br)cc1S(=O)(=O)NCC1=CCNCC1. The number of sulfonamides is 1. The van der Waals surface area contributed by atoms with Gasteiger partial charge in [-0.05, 0) is 53.5 Å². The van der Waals surface area contributed by atoms with Crippen molar-refractivity contribution in [2.75, 3.05) is 19.6 Å². The van der Waals surface area contributed by atoms with Gasteiger partial charge in [0.15, 0.2) is 0 Å². The van der Waals surface area contributed by atoms with Crippen LogP contribution in [-0.4, -0.2) is 28.1 Å². The second kappa shape index (κ2) is 6.34. The lowest BCUT2D eigenvalue weighted by molar-refractivity contribution is 0.580. The zero-order chi connectivity index (χ0) is 14.8. The molecule has 0 fully saturated rings. The molecule has 0 bridgehead atoms. The molecule has 2 N–H and O–H groups in total. The van der Waals surface area contributed by atoms with Gasteiger partial charge in [0.2, 0.25) is 10.0 Å². The third-order valence-electron chi connectivity index (χ3n) is 3.15. The van der Waals surface area contributed by atoms with E-state index >= 15 is 0 Å². The van der Waals surface area contributed by atoms with Gasteiger partial charge in [0, 0.05) is 13.1 Å². The molecule has 0 saturated carbocycles. The highest BCUT2D eigenvalue weighted by Crippen LogP contribution is 2.24. The molecule has 0 aliphatic carbocycles. The van der Waals surface area contributed by atoms with Gasteiger partial charge in [-0.25, -0.2) is 17.5 Å². The van der Waals surface area contributed by atoms with E-state index in [0.29, 0.717) is 12.1 Å². The average Bonchev–Trinajstić information content (AvgIpc) is 2.42. The molecule has 0 saturated heterocycles. The molecule has 1 aromatic rings. The van der Waals surface area contributed by atoms with E-state index in [2.05, 4.69) is 26.0 Å².